The number of rotatable bonds is 4. The molecule has 1 amide bonds. The normalized spacial score (nSPS) is 10.1. The van der Waals surface area contributed by atoms with Gasteiger partial charge in [-0.1, -0.05) is 49.4 Å². The van der Waals surface area contributed by atoms with Crippen LogP contribution in [0.4, 0.5) is 4.79 Å². The number of para-hydroxylation sites is 1. The maximum absolute atomic E-state index is 11.9. The van der Waals surface area contributed by atoms with Gasteiger partial charge >= 0.3 is 6.09 Å². The van der Waals surface area contributed by atoms with Gasteiger partial charge in [0, 0.05) is 13.6 Å². The second-order valence-corrected chi connectivity index (χ2v) is 4.71. The fourth-order valence-corrected chi connectivity index (χ4v) is 1.89. The average molecular weight is 269 g/mol. The molecule has 2 aromatic rings. The van der Waals surface area contributed by atoms with Crippen LogP contribution >= 0.6 is 0 Å². The van der Waals surface area contributed by atoms with Crippen LogP contribution in [0, 0.1) is 0 Å². The zero-order valence-corrected chi connectivity index (χ0v) is 11.9. The summed E-state index contributed by atoms with van der Waals surface area (Å²) in [6.07, 6.45) is 0.669. The number of nitrogens with zero attached hydrogens (tertiary/aromatic N) is 1. The molecule has 0 unspecified atom stereocenters. The summed E-state index contributed by atoms with van der Waals surface area (Å²) in [4.78, 5) is 13.5. The molecule has 0 saturated carbocycles. The van der Waals surface area contributed by atoms with Crippen LogP contribution in [-0.4, -0.2) is 18.0 Å². The Bertz CT molecular complexity index is 549. The maximum atomic E-state index is 11.9. The second kappa shape index (κ2) is 6.75. The molecule has 3 heteroatoms. The number of hydrogen-bond acceptors (Lipinski definition) is 2. The van der Waals surface area contributed by atoms with E-state index in [1.165, 1.54) is 5.56 Å². The van der Waals surface area contributed by atoms with Crippen LogP contribution in [0.5, 0.6) is 5.75 Å². The first-order valence-electron chi connectivity index (χ1n) is 6.75. The first-order chi connectivity index (χ1) is 9.69. The highest BCUT2D eigenvalue weighted by Gasteiger charge is 2.11. The number of hydrogen-bond donors (Lipinski definition) is 0. The highest BCUT2D eigenvalue weighted by molar-refractivity contribution is 5.70. The molecule has 0 aliphatic carbocycles. The first-order valence-corrected chi connectivity index (χ1v) is 6.75. The van der Waals surface area contributed by atoms with Crippen LogP contribution < -0.4 is 4.74 Å². The average Bonchev–Trinajstić information content (AvgIpc) is 2.49. The smallest absolute Gasteiger partial charge is 0.410 e. The minimum atomic E-state index is -0.351. The third-order valence-corrected chi connectivity index (χ3v) is 3.11. The van der Waals surface area contributed by atoms with Crippen molar-refractivity contribution in [3.05, 3.63) is 65.7 Å². The van der Waals surface area contributed by atoms with Gasteiger partial charge in [0.2, 0.25) is 0 Å². The SMILES string of the molecule is CCc1ccc(CN(C)C(=O)Oc2ccccc2)cc1. The molecule has 2 aromatic carbocycles. The van der Waals surface area contributed by atoms with E-state index in [0.717, 1.165) is 12.0 Å². The third-order valence-electron chi connectivity index (χ3n) is 3.11. The van der Waals surface area contributed by atoms with Gasteiger partial charge in [0.15, 0.2) is 0 Å². The molecule has 0 fully saturated rings. The van der Waals surface area contributed by atoms with Crippen molar-refractivity contribution in [1.82, 2.24) is 4.90 Å². The van der Waals surface area contributed by atoms with E-state index >= 15 is 0 Å². The molecule has 0 aliphatic rings. The number of carbonyl (C=O) groups is 1. The van der Waals surface area contributed by atoms with Crippen molar-refractivity contribution in [3.8, 4) is 5.75 Å². The quantitative estimate of drug-likeness (QED) is 0.843. The van der Waals surface area contributed by atoms with E-state index in [2.05, 4.69) is 19.1 Å². The molecule has 20 heavy (non-hydrogen) atoms. The fraction of sp³-hybridized carbons (Fsp3) is 0.235. The van der Waals surface area contributed by atoms with E-state index in [9.17, 15) is 4.79 Å². The van der Waals surface area contributed by atoms with Gasteiger partial charge in [0.1, 0.15) is 5.75 Å². The summed E-state index contributed by atoms with van der Waals surface area (Å²) in [7, 11) is 1.74. The highest BCUT2D eigenvalue weighted by Crippen LogP contribution is 2.12. The van der Waals surface area contributed by atoms with Crippen LogP contribution in [0.1, 0.15) is 18.1 Å². The lowest BCUT2D eigenvalue weighted by Gasteiger charge is -2.17. The van der Waals surface area contributed by atoms with E-state index < -0.39 is 0 Å². The van der Waals surface area contributed by atoms with Gasteiger partial charge in [-0.05, 0) is 29.7 Å². The van der Waals surface area contributed by atoms with Crippen LogP contribution in [-0.2, 0) is 13.0 Å². The van der Waals surface area contributed by atoms with Crippen LogP contribution in [0.15, 0.2) is 54.6 Å². The minimum absolute atomic E-state index is 0.351. The lowest BCUT2D eigenvalue weighted by atomic mass is 10.1. The largest absolute Gasteiger partial charge is 0.415 e. The molecule has 0 aliphatic heterocycles. The van der Waals surface area contributed by atoms with Crippen molar-refractivity contribution in [2.75, 3.05) is 7.05 Å². The first kappa shape index (κ1) is 14.1. The molecule has 3 nitrogen and oxygen atoms in total. The second-order valence-electron chi connectivity index (χ2n) is 4.71. The molecule has 0 aromatic heterocycles. The molecule has 0 atom stereocenters. The molecule has 0 heterocycles. The summed E-state index contributed by atoms with van der Waals surface area (Å²) in [6.45, 7) is 2.66. The zero-order valence-electron chi connectivity index (χ0n) is 11.9. The van der Waals surface area contributed by atoms with Crippen molar-refractivity contribution in [3.63, 3.8) is 0 Å². The van der Waals surface area contributed by atoms with Gasteiger partial charge in [-0.3, -0.25) is 0 Å². The molecule has 0 bridgehead atoms. The Morgan fingerprint density at radius 1 is 1.00 bits per heavy atom. The standard InChI is InChI=1S/C17H19NO2/c1-3-14-9-11-15(12-10-14)13-18(2)17(19)20-16-7-5-4-6-8-16/h4-12H,3,13H2,1-2H3. The van der Waals surface area contributed by atoms with E-state index in [0.29, 0.717) is 12.3 Å². The van der Waals surface area contributed by atoms with Gasteiger partial charge in [0.25, 0.3) is 0 Å². The van der Waals surface area contributed by atoms with E-state index in [4.69, 9.17) is 4.74 Å². The Kier molecular flexibility index (Phi) is 4.77. The molecule has 0 saturated heterocycles. The number of benzene rings is 2. The summed E-state index contributed by atoms with van der Waals surface area (Å²) in [5.41, 5.74) is 2.39. The molecular formula is C17H19NO2. The predicted octanol–water partition coefficient (Wildman–Crippen LogP) is 3.88. The Morgan fingerprint density at radius 3 is 2.20 bits per heavy atom. The van der Waals surface area contributed by atoms with Crippen molar-refractivity contribution in [2.45, 2.75) is 19.9 Å². The summed E-state index contributed by atoms with van der Waals surface area (Å²) >= 11 is 0. The van der Waals surface area contributed by atoms with Crippen LogP contribution in [0.3, 0.4) is 0 Å². The van der Waals surface area contributed by atoms with Crippen molar-refractivity contribution in [2.24, 2.45) is 0 Å². The monoisotopic (exact) mass is 269 g/mol. The lowest BCUT2D eigenvalue weighted by molar-refractivity contribution is 0.161. The van der Waals surface area contributed by atoms with Gasteiger partial charge in [-0.15, -0.1) is 0 Å². The zero-order chi connectivity index (χ0) is 14.4. The highest BCUT2D eigenvalue weighted by atomic mass is 16.6. The van der Waals surface area contributed by atoms with Crippen LogP contribution in [0.25, 0.3) is 0 Å². The summed E-state index contributed by atoms with van der Waals surface area (Å²) in [5, 5.41) is 0. The Balaban J connectivity index is 1.93. The molecule has 0 N–H and O–H groups in total. The number of carbonyl (C=O) groups excluding carboxylic acids is 1. The van der Waals surface area contributed by atoms with Gasteiger partial charge in [0.05, 0.1) is 0 Å². The van der Waals surface area contributed by atoms with E-state index in [1.54, 1.807) is 24.1 Å². The summed E-state index contributed by atoms with van der Waals surface area (Å²) in [6, 6.07) is 17.4. The van der Waals surface area contributed by atoms with Crippen molar-refractivity contribution < 1.29 is 9.53 Å². The summed E-state index contributed by atoms with van der Waals surface area (Å²) < 4.78 is 5.28. The predicted molar refractivity (Wildman–Crippen MR) is 79.8 cm³/mol. The Morgan fingerprint density at radius 2 is 1.60 bits per heavy atom. The molecule has 0 spiro atoms. The van der Waals surface area contributed by atoms with Crippen LogP contribution in [0.2, 0.25) is 0 Å². The molecule has 104 valence electrons. The molecular weight excluding hydrogens is 250 g/mol. The summed E-state index contributed by atoms with van der Waals surface area (Å²) in [5.74, 6) is 0.561. The number of aryl methyl sites for hydroxylation is 1. The third kappa shape index (κ3) is 3.85. The van der Waals surface area contributed by atoms with Gasteiger partial charge in [-0.25, -0.2) is 4.79 Å². The van der Waals surface area contributed by atoms with E-state index in [-0.39, 0.29) is 6.09 Å². The van der Waals surface area contributed by atoms with Crippen molar-refractivity contribution >= 4 is 6.09 Å². The van der Waals surface area contributed by atoms with Gasteiger partial charge < -0.3 is 9.64 Å². The van der Waals surface area contributed by atoms with Gasteiger partial charge in [-0.2, -0.15) is 0 Å². The number of ether oxygens (including phenoxy) is 1. The lowest BCUT2D eigenvalue weighted by Crippen LogP contribution is -2.29. The Hall–Kier alpha value is -2.29. The minimum Gasteiger partial charge on any atom is -0.410 e. The Labute approximate surface area is 119 Å². The van der Waals surface area contributed by atoms with E-state index in [1.807, 2.05) is 30.3 Å². The molecule has 2 rings (SSSR count). The topological polar surface area (TPSA) is 29.5 Å². The van der Waals surface area contributed by atoms with Crippen molar-refractivity contribution in [1.29, 1.82) is 0 Å². The fourth-order valence-electron chi connectivity index (χ4n) is 1.89. The maximum Gasteiger partial charge on any atom is 0.415 e. The molecule has 0 radical (unpaired) electrons. The number of amides is 1.